The molecule has 1 aromatic carbocycles. The number of hydrogen-bond acceptors (Lipinski definition) is 4. The molecule has 0 bridgehead atoms. The number of halogens is 2. The van der Waals surface area contributed by atoms with E-state index < -0.39 is 17.7 Å². The third-order valence-corrected chi connectivity index (χ3v) is 3.54. The van der Waals surface area contributed by atoms with E-state index in [1.807, 2.05) is 5.38 Å². The average Bonchev–Trinajstić information content (AvgIpc) is 2.81. The van der Waals surface area contributed by atoms with Gasteiger partial charge in [-0.05, 0) is 17.5 Å². The van der Waals surface area contributed by atoms with Gasteiger partial charge in [-0.25, -0.2) is 14.2 Å². The molecule has 0 amide bonds. The van der Waals surface area contributed by atoms with Gasteiger partial charge in [0, 0.05) is 11.6 Å². The Labute approximate surface area is 107 Å². The van der Waals surface area contributed by atoms with E-state index in [1.54, 1.807) is 6.07 Å². The summed E-state index contributed by atoms with van der Waals surface area (Å²) in [5.41, 5.74) is 2.80. The van der Waals surface area contributed by atoms with E-state index in [0.717, 1.165) is 10.9 Å². The van der Waals surface area contributed by atoms with Crippen LogP contribution in [0.3, 0.4) is 0 Å². The second-order valence-corrected chi connectivity index (χ2v) is 4.57. The first kappa shape index (κ1) is 12.9. The molecule has 0 saturated carbocycles. The van der Waals surface area contributed by atoms with Crippen molar-refractivity contribution >= 4 is 11.3 Å². The fourth-order valence-electron chi connectivity index (χ4n) is 1.73. The maximum absolute atomic E-state index is 13.7. The van der Waals surface area contributed by atoms with E-state index in [0.29, 0.717) is 5.75 Å². The number of ether oxygens (including phenoxy) is 1. The van der Waals surface area contributed by atoms with Crippen LogP contribution in [0, 0.1) is 11.6 Å². The summed E-state index contributed by atoms with van der Waals surface area (Å²) < 4.78 is 31.8. The average molecular weight is 270 g/mol. The Hall–Kier alpha value is -1.50. The second-order valence-electron chi connectivity index (χ2n) is 3.62. The topological polar surface area (TPSA) is 47.3 Å². The fourth-order valence-corrected chi connectivity index (χ4v) is 2.67. The summed E-state index contributed by atoms with van der Waals surface area (Å²) in [4.78, 5) is 0.741. The number of hydrazine groups is 1. The quantitative estimate of drug-likeness (QED) is 0.663. The monoisotopic (exact) mass is 270 g/mol. The molecule has 2 rings (SSSR count). The van der Waals surface area contributed by atoms with Crippen molar-refractivity contribution in [2.45, 2.75) is 6.04 Å². The molecule has 0 aliphatic heterocycles. The minimum absolute atomic E-state index is 0.277. The molecule has 0 radical (unpaired) electrons. The molecule has 96 valence electrons. The van der Waals surface area contributed by atoms with Gasteiger partial charge in [-0.1, -0.05) is 6.07 Å². The third-order valence-electron chi connectivity index (χ3n) is 2.58. The van der Waals surface area contributed by atoms with E-state index in [2.05, 4.69) is 5.43 Å². The number of methoxy groups -OCH3 is 1. The summed E-state index contributed by atoms with van der Waals surface area (Å²) in [7, 11) is 1.53. The lowest BCUT2D eigenvalue weighted by molar-refractivity contribution is 0.407. The van der Waals surface area contributed by atoms with Crippen LogP contribution in [-0.4, -0.2) is 7.11 Å². The maximum atomic E-state index is 13.7. The SMILES string of the molecule is COc1ccsc1C(NN)c1ccc(F)cc1F. The van der Waals surface area contributed by atoms with Crippen molar-refractivity contribution in [3.05, 3.63) is 51.7 Å². The first-order chi connectivity index (χ1) is 8.67. The van der Waals surface area contributed by atoms with E-state index in [4.69, 9.17) is 10.6 Å². The van der Waals surface area contributed by atoms with Crippen LogP contribution in [0.25, 0.3) is 0 Å². The molecule has 3 nitrogen and oxygen atoms in total. The molecular formula is C12H12F2N2OS. The number of thiophene rings is 1. The molecule has 1 aromatic heterocycles. The van der Waals surface area contributed by atoms with Gasteiger partial charge in [-0.2, -0.15) is 0 Å². The number of hydrogen-bond donors (Lipinski definition) is 2. The van der Waals surface area contributed by atoms with Crippen molar-refractivity contribution in [2.24, 2.45) is 5.84 Å². The zero-order valence-electron chi connectivity index (χ0n) is 9.61. The summed E-state index contributed by atoms with van der Waals surface area (Å²) in [6.07, 6.45) is 0. The van der Waals surface area contributed by atoms with Gasteiger partial charge in [0.05, 0.1) is 18.0 Å². The zero-order chi connectivity index (χ0) is 13.1. The largest absolute Gasteiger partial charge is 0.496 e. The Balaban J connectivity index is 2.45. The van der Waals surface area contributed by atoms with Crippen molar-refractivity contribution in [3.8, 4) is 5.75 Å². The number of rotatable bonds is 4. The van der Waals surface area contributed by atoms with Gasteiger partial charge in [0.2, 0.25) is 0 Å². The van der Waals surface area contributed by atoms with Gasteiger partial charge < -0.3 is 4.74 Å². The number of benzene rings is 1. The molecule has 2 aromatic rings. The molecule has 0 saturated heterocycles. The Morgan fingerprint density at radius 1 is 1.33 bits per heavy atom. The number of nitrogens with one attached hydrogen (secondary N) is 1. The standard InChI is InChI=1S/C12H12F2N2OS/c1-17-10-4-5-18-12(10)11(16-15)8-3-2-7(13)6-9(8)14/h2-6,11,16H,15H2,1H3. The van der Waals surface area contributed by atoms with E-state index in [9.17, 15) is 8.78 Å². The Morgan fingerprint density at radius 2 is 2.11 bits per heavy atom. The van der Waals surface area contributed by atoms with E-state index in [1.165, 1.54) is 30.6 Å². The molecule has 3 N–H and O–H groups in total. The summed E-state index contributed by atoms with van der Waals surface area (Å²) >= 11 is 1.39. The van der Waals surface area contributed by atoms with Crippen molar-refractivity contribution < 1.29 is 13.5 Å². The van der Waals surface area contributed by atoms with Crippen molar-refractivity contribution in [1.82, 2.24) is 5.43 Å². The van der Waals surface area contributed by atoms with Gasteiger partial charge in [0.1, 0.15) is 17.4 Å². The van der Waals surface area contributed by atoms with Crippen LogP contribution in [0.1, 0.15) is 16.5 Å². The lowest BCUT2D eigenvalue weighted by Crippen LogP contribution is -2.29. The van der Waals surface area contributed by atoms with Gasteiger partial charge in [-0.15, -0.1) is 11.3 Å². The molecule has 1 atom stereocenters. The van der Waals surface area contributed by atoms with Crippen LogP contribution in [0.4, 0.5) is 8.78 Å². The van der Waals surface area contributed by atoms with Crippen LogP contribution in [0.5, 0.6) is 5.75 Å². The fraction of sp³-hybridized carbons (Fsp3) is 0.167. The highest BCUT2D eigenvalue weighted by atomic mass is 32.1. The Bertz CT molecular complexity index is 545. The van der Waals surface area contributed by atoms with E-state index >= 15 is 0 Å². The van der Waals surface area contributed by atoms with Crippen molar-refractivity contribution in [1.29, 1.82) is 0 Å². The molecule has 0 aliphatic carbocycles. The molecule has 0 fully saturated rings. The van der Waals surface area contributed by atoms with Gasteiger partial charge in [-0.3, -0.25) is 5.84 Å². The molecule has 1 heterocycles. The first-order valence-electron chi connectivity index (χ1n) is 5.19. The highest BCUT2D eigenvalue weighted by molar-refractivity contribution is 7.10. The first-order valence-corrected chi connectivity index (χ1v) is 6.07. The summed E-state index contributed by atoms with van der Waals surface area (Å²) in [6, 6.07) is 4.60. The predicted molar refractivity (Wildman–Crippen MR) is 66.4 cm³/mol. The smallest absolute Gasteiger partial charge is 0.134 e. The van der Waals surface area contributed by atoms with Gasteiger partial charge in [0.25, 0.3) is 0 Å². The highest BCUT2D eigenvalue weighted by Gasteiger charge is 2.21. The molecular weight excluding hydrogens is 258 g/mol. The van der Waals surface area contributed by atoms with Crippen molar-refractivity contribution in [3.63, 3.8) is 0 Å². The minimum atomic E-state index is -0.645. The lowest BCUT2D eigenvalue weighted by atomic mass is 10.0. The van der Waals surface area contributed by atoms with Crippen LogP contribution < -0.4 is 16.0 Å². The van der Waals surface area contributed by atoms with Crippen LogP contribution in [0.15, 0.2) is 29.6 Å². The molecule has 0 aliphatic rings. The summed E-state index contributed by atoms with van der Waals surface area (Å²) in [6.45, 7) is 0. The Morgan fingerprint density at radius 3 is 2.72 bits per heavy atom. The maximum Gasteiger partial charge on any atom is 0.134 e. The third kappa shape index (κ3) is 2.35. The lowest BCUT2D eigenvalue weighted by Gasteiger charge is -2.17. The van der Waals surface area contributed by atoms with Crippen molar-refractivity contribution in [2.75, 3.05) is 7.11 Å². The van der Waals surface area contributed by atoms with Gasteiger partial charge >= 0.3 is 0 Å². The van der Waals surface area contributed by atoms with Crippen LogP contribution >= 0.6 is 11.3 Å². The highest BCUT2D eigenvalue weighted by Crippen LogP contribution is 2.35. The predicted octanol–water partition coefficient (Wildman–Crippen LogP) is 2.59. The second kappa shape index (κ2) is 5.43. The Kier molecular flexibility index (Phi) is 3.90. The van der Waals surface area contributed by atoms with Gasteiger partial charge in [0.15, 0.2) is 0 Å². The van der Waals surface area contributed by atoms with Crippen LogP contribution in [-0.2, 0) is 0 Å². The molecule has 0 spiro atoms. The normalized spacial score (nSPS) is 12.4. The van der Waals surface area contributed by atoms with E-state index in [-0.39, 0.29) is 5.56 Å². The molecule has 1 unspecified atom stereocenters. The zero-order valence-corrected chi connectivity index (χ0v) is 10.4. The minimum Gasteiger partial charge on any atom is -0.496 e. The summed E-state index contributed by atoms with van der Waals surface area (Å²) in [5.74, 6) is 4.82. The van der Waals surface area contributed by atoms with Crippen LogP contribution in [0.2, 0.25) is 0 Å². The molecule has 18 heavy (non-hydrogen) atoms. The number of nitrogens with two attached hydrogens (primary N) is 1. The molecule has 6 heteroatoms. The summed E-state index contributed by atoms with van der Waals surface area (Å²) in [5, 5.41) is 1.82.